The number of anilines is 1. The van der Waals surface area contributed by atoms with Crippen molar-refractivity contribution < 1.29 is 9.53 Å². The fourth-order valence-electron chi connectivity index (χ4n) is 4.14. The maximum absolute atomic E-state index is 13.1. The smallest absolute Gasteiger partial charge is 0.344 e. The quantitative estimate of drug-likeness (QED) is 0.222. The monoisotopic (exact) mass is 444 g/mol. The number of para-hydroxylation sites is 2. The molecule has 6 heteroatoms. The Hall–Kier alpha value is -3.41. The number of fused-ring (bicyclic) bond motifs is 2. The van der Waals surface area contributed by atoms with Gasteiger partial charge in [0.25, 0.3) is 0 Å². The third-order valence-corrected chi connectivity index (χ3v) is 5.96. The average Bonchev–Trinajstić information content (AvgIpc) is 3.10. The lowest BCUT2D eigenvalue weighted by molar-refractivity contribution is 0.0501. The van der Waals surface area contributed by atoms with E-state index in [1.807, 2.05) is 59.2 Å². The molecule has 2 aromatic heterocycles. The molecule has 0 aliphatic rings. The zero-order valence-electron chi connectivity index (χ0n) is 19.3. The van der Waals surface area contributed by atoms with Crippen molar-refractivity contribution in [2.24, 2.45) is 0 Å². The summed E-state index contributed by atoms with van der Waals surface area (Å²) < 4.78 is 7.48. The summed E-state index contributed by atoms with van der Waals surface area (Å²) in [4.78, 5) is 22.6. The summed E-state index contributed by atoms with van der Waals surface area (Å²) in [6.45, 7) is 3.11. The second-order valence-corrected chi connectivity index (χ2v) is 8.47. The van der Waals surface area contributed by atoms with Gasteiger partial charge in [0.05, 0.1) is 24.2 Å². The van der Waals surface area contributed by atoms with Crippen molar-refractivity contribution in [1.29, 1.82) is 0 Å². The molecule has 6 nitrogen and oxygen atoms in total. The highest BCUT2D eigenvalue weighted by Gasteiger charge is 2.25. The summed E-state index contributed by atoms with van der Waals surface area (Å²) in [5.74, 6) is -0.0893. The van der Waals surface area contributed by atoms with E-state index in [0.29, 0.717) is 35.7 Å². The van der Waals surface area contributed by atoms with Crippen molar-refractivity contribution in [3.05, 3.63) is 65.7 Å². The first kappa shape index (κ1) is 22.8. The number of hydrogen-bond donors (Lipinski definition) is 1. The van der Waals surface area contributed by atoms with Crippen LogP contribution in [0.1, 0.15) is 67.8 Å². The minimum atomic E-state index is -0.431. The zero-order valence-corrected chi connectivity index (χ0v) is 19.3. The summed E-state index contributed by atoms with van der Waals surface area (Å²) in [6, 6.07) is 17.6. The van der Waals surface area contributed by atoms with Crippen LogP contribution in [0.4, 0.5) is 5.82 Å². The van der Waals surface area contributed by atoms with Gasteiger partial charge in [-0.2, -0.15) is 0 Å². The number of nitrogens with two attached hydrogens (primary N) is 1. The molecule has 0 spiro atoms. The Bertz CT molecular complexity index is 1220. The lowest BCUT2D eigenvalue weighted by Gasteiger charge is -2.08. The van der Waals surface area contributed by atoms with E-state index in [1.54, 1.807) is 0 Å². The van der Waals surface area contributed by atoms with E-state index in [9.17, 15) is 4.79 Å². The second kappa shape index (κ2) is 10.9. The molecule has 0 amide bonds. The van der Waals surface area contributed by atoms with Gasteiger partial charge in [-0.25, -0.2) is 14.8 Å². The average molecular weight is 445 g/mol. The summed E-state index contributed by atoms with van der Waals surface area (Å²) in [6.07, 6.45) is 8.14. The van der Waals surface area contributed by atoms with E-state index in [4.69, 9.17) is 20.4 Å². The molecule has 0 fully saturated rings. The minimum absolute atomic E-state index is 0.308. The van der Waals surface area contributed by atoms with Gasteiger partial charge in [-0.05, 0) is 24.1 Å². The largest absolute Gasteiger partial charge is 0.462 e. The van der Waals surface area contributed by atoms with Crippen molar-refractivity contribution in [1.82, 2.24) is 14.5 Å². The molecule has 0 aliphatic heterocycles. The Balaban J connectivity index is 1.57. The summed E-state index contributed by atoms with van der Waals surface area (Å²) in [5.41, 5.74) is 10.5. The van der Waals surface area contributed by atoms with E-state index < -0.39 is 5.97 Å². The highest BCUT2D eigenvalue weighted by atomic mass is 16.5. The van der Waals surface area contributed by atoms with Crippen LogP contribution < -0.4 is 5.73 Å². The highest BCUT2D eigenvalue weighted by molar-refractivity contribution is 6.08. The fraction of sp³-hybridized carbons (Fsp3) is 0.370. The Labute approximate surface area is 194 Å². The maximum Gasteiger partial charge on any atom is 0.344 e. The van der Waals surface area contributed by atoms with Gasteiger partial charge < -0.3 is 15.0 Å². The Morgan fingerprint density at radius 1 is 0.879 bits per heavy atom. The number of unbranched alkanes of at least 4 members (excludes halogenated alkanes) is 6. The number of carbonyl (C=O) groups excluding carboxylic acids is 1. The van der Waals surface area contributed by atoms with Gasteiger partial charge in [-0.1, -0.05) is 87.9 Å². The normalized spacial score (nSPS) is 11.3. The standard InChI is InChI=1S/C27H32N4O2/c1-2-3-4-5-6-7-13-18-33-27(32)23-24-26(30-22-17-12-11-16-21(22)29-24)31(25(23)28)19-20-14-9-8-10-15-20/h8-12,14-17H,2-7,13,18-19,28H2,1H3. The van der Waals surface area contributed by atoms with Gasteiger partial charge in [0.1, 0.15) is 16.9 Å². The van der Waals surface area contributed by atoms with E-state index >= 15 is 0 Å². The molecule has 2 heterocycles. The third-order valence-electron chi connectivity index (χ3n) is 5.96. The predicted molar refractivity (Wildman–Crippen MR) is 133 cm³/mol. The molecule has 2 aromatic carbocycles. The number of nitrogen functional groups attached to an aromatic ring is 1. The van der Waals surface area contributed by atoms with Crippen LogP contribution in [0.5, 0.6) is 0 Å². The first-order chi connectivity index (χ1) is 16.2. The number of hydrogen-bond acceptors (Lipinski definition) is 5. The Kier molecular flexibility index (Phi) is 7.55. The Morgan fingerprint density at radius 2 is 1.52 bits per heavy atom. The van der Waals surface area contributed by atoms with Crippen molar-refractivity contribution in [3.63, 3.8) is 0 Å². The van der Waals surface area contributed by atoms with Gasteiger partial charge in [-0.3, -0.25) is 0 Å². The van der Waals surface area contributed by atoms with Gasteiger partial charge in [0, 0.05) is 0 Å². The van der Waals surface area contributed by atoms with E-state index in [0.717, 1.165) is 29.4 Å². The first-order valence-electron chi connectivity index (χ1n) is 11.9. The lowest BCUT2D eigenvalue weighted by atomic mass is 10.1. The van der Waals surface area contributed by atoms with Crippen LogP contribution in [-0.4, -0.2) is 27.1 Å². The summed E-state index contributed by atoms with van der Waals surface area (Å²) in [7, 11) is 0. The van der Waals surface area contributed by atoms with Gasteiger partial charge >= 0.3 is 5.97 Å². The third kappa shape index (κ3) is 5.33. The first-order valence-corrected chi connectivity index (χ1v) is 11.9. The number of aromatic nitrogens is 3. The molecule has 0 saturated heterocycles. The van der Waals surface area contributed by atoms with E-state index in [-0.39, 0.29) is 0 Å². The number of esters is 1. The number of rotatable bonds is 11. The van der Waals surface area contributed by atoms with Crippen LogP contribution in [0.15, 0.2) is 54.6 Å². The fourth-order valence-corrected chi connectivity index (χ4v) is 4.14. The predicted octanol–water partition coefficient (Wildman–Crippen LogP) is 6.12. The number of ether oxygens (including phenoxy) is 1. The molecular formula is C27H32N4O2. The van der Waals surface area contributed by atoms with Gasteiger partial charge in [0.2, 0.25) is 0 Å². The Morgan fingerprint density at radius 3 is 2.24 bits per heavy atom. The van der Waals surface area contributed by atoms with Crippen molar-refractivity contribution in [2.45, 2.75) is 58.4 Å². The molecule has 0 saturated carbocycles. The van der Waals surface area contributed by atoms with Crippen molar-refractivity contribution in [2.75, 3.05) is 12.3 Å². The molecule has 4 aromatic rings. The molecule has 0 radical (unpaired) electrons. The zero-order chi connectivity index (χ0) is 23.0. The van der Waals surface area contributed by atoms with Crippen molar-refractivity contribution in [3.8, 4) is 0 Å². The lowest BCUT2D eigenvalue weighted by Crippen LogP contribution is -2.11. The van der Waals surface area contributed by atoms with Crippen LogP contribution in [0, 0.1) is 0 Å². The highest BCUT2D eigenvalue weighted by Crippen LogP contribution is 2.29. The molecule has 0 unspecified atom stereocenters. The number of carbonyl (C=O) groups is 1. The molecule has 33 heavy (non-hydrogen) atoms. The SMILES string of the molecule is CCCCCCCCCOC(=O)c1c(N)n(Cc2ccccc2)c2nc3ccccc3nc12. The summed E-state index contributed by atoms with van der Waals surface area (Å²) in [5, 5.41) is 0. The van der Waals surface area contributed by atoms with Crippen LogP contribution in [0.25, 0.3) is 22.2 Å². The molecule has 2 N–H and O–H groups in total. The maximum atomic E-state index is 13.1. The van der Waals surface area contributed by atoms with Gasteiger partial charge in [0.15, 0.2) is 5.65 Å². The molecule has 4 rings (SSSR count). The van der Waals surface area contributed by atoms with Crippen LogP contribution in [0.2, 0.25) is 0 Å². The van der Waals surface area contributed by atoms with E-state index in [2.05, 4.69) is 6.92 Å². The number of benzene rings is 2. The van der Waals surface area contributed by atoms with Crippen LogP contribution in [0.3, 0.4) is 0 Å². The van der Waals surface area contributed by atoms with E-state index in [1.165, 1.54) is 32.1 Å². The van der Waals surface area contributed by atoms with Gasteiger partial charge in [-0.15, -0.1) is 0 Å². The minimum Gasteiger partial charge on any atom is -0.462 e. The molecule has 172 valence electrons. The van der Waals surface area contributed by atoms with Crippen LogP contribution >= 0.6 is 0 Å². The molecule has 0 bridgehead atoms. The summed E-state index contributed by atoms with van der Waals surface area (Å²) >= 11 is 0. The van der Waals surface area contributed by atoms with Crippen molar-refractivity contribution >= 4 is 34.0 Å². The topological polar surface area (TPSA) is 83.0 Å². The number of nitrogens with zero attached hydrogens (tertiary/aromatic N) is 3. The molecule has 0 atom stereocenters. The van der Waals surface area contributed by atoms with Crippen LogP contribution in [-0.2, 0) is 11.3 Å². The molecule has 0 aliphatic carbocycles. The second-order valence-electron chi connectivity index (χ2n) is 8.47. The molecular weight excluding hydrogens is 412 g/mol.